The molecule has 12 heteroatoms. The van der Waals surface area contributed by atoms with E-state index in [1.54, 1.807) is 20.8 Å². The van der Waals surface area contributed by atoms with Gasteiger partial charge in [-0.15, -0.1) is 0 Å². The number of carboxylic acid groups (broad SMARTS) is 1. The summed E-state index contributed by atoms with van der Waals surface area (Å²) in [4.78, 5) is 45.4. The van der Waals surface area contributed by atoms with Crippen molar-refractivity contribution in [2.45, 2.75) is 32.8 Å². The lowest BCUT2D eigenvalue weighted by atomic mass is 10.2. The van der Waals surface area contributed by atoms with Crippen LogP contribution in [0.2, 0.25) is 0 Å². The Morgan fingerprint density at radius 3 is 2.09 bits per heavy atom. The van der Waals surface area contributed by atoms with Crippen molar-refractivity contribution >= 4 is 24.1 Å². The molecule has 3 N–H and O–H groups in total. The second kappa shape index (κ2) is 15.5. The van der Waals surface area contributed by atoms with Crippen molar-refractivity contribution in [3.05, 3.63) is 29.8 Å². The maximum Gasteiger partial charge on any atom is 0.513 e. The summed E-state index contributed by atoms with van der Waals surface area (Å²) in [6.07, 6.45) is -1.31. The first kappa shape index (κ1) is 28.7. The SMILES string of the molecule is CC(C)(C)OC(=O)NCCOCCC(=O)NCCOCCOC(=O)Oc1ccc(C(=O)O)cc1. The van der Waals surface area contributed by atoms with Crippen molar-refractivity contribution in [3.8, 4) is 5.75 Å². The molecule has 0 aliphatic rings. The highest BCUT2D eigenvalue weighted by Gasteiger charge is 2.15. The van der Waals surface area contributed by atoms with E-state index in [1.807, 2.05) is 0 Å². The normalized spacial score (nSPS) is 10.8. The molecule has 190 valence electrons. The zero-order valence-corrected chi connectivity index (χ0v) is 19.6. The van der Waals surface area contributed by atoms with Gasteiger partial charge in [0.2, 0.25) is 5.91 Å². The molecule has 0 saturated carbocycles. The molecule has 0 bridgehead atoms. The lowest BCUT2D eigenvalue weighted by Gasteiger charge is -2.19. The maximum absolute atomic E-state index is 11.7. The van der Waals surface area contributed by atoms with E-state index in [0.29, 0.717) is 0 Å². The van der Waals surface area contributed by atoms with Crippen molar-refractivity contribution in [3.63, 3.8) is 0 Å². The van der Waals surface area contributed by atoms with Crippen LogP contribution in [0.5, 0.6) is 5.75 Å². The molecule has 1 aromatic rings. The maximum atomic E-state index is 11.7. The molecule has 0 atom stereocenters. The minimum absolute atomic E-state index is 0.0504. The number of carbonyl (C=O) groups is 4. The van der Waals surface area contributed by atoms with E-state index < -0.39 is 23.8 Å². The topological polar surface area (TPSA) is 159 Å². The predicted molar refractivity (Wildman–Crippen MR) is 119 cm³/mol. The van der Waals surface area contributed by atoms with E-state index >= 15 is 0 Å². The number of hydrogen-bond donors (Lipinski definition) is 3. The molecule has 0 spiro atoms. The van der Waals surface area contributed by atoms with E-state index in [-0.39, 0.29) is 69.8 Å². The fourth-order valence-corrected chi connectivity index (χ4v) is 2.23. The largest absolute Gasteiger partial charge is 0.513 e. The molecular weight excluding hydrogens is 452 g/mol. The van der Waals surface area contributed by atoms with Crippen LogP contribution in [0.1, 0.15) is 37.6 Å². The first-order valence-electron chi connectivity index (χ1n) is 10.6. The zero-order chi connectivity index (χ0) is 25.4. The number of carboxylic acids is 1. The average Bonchev–Trinajstić information content (AvgIpc) is 2.74. The van der Waals surface area contributed by atoms with Gasteiger partial charge in [-0.2, -0.15) is 0 Å². The van der Waals surface area contributed by atoms with E-state index in [4.69, 9.17) is 28.8 Å². The number of hydrogen-bond acceptors (Lipinski definition) is 9. The summed E-state index contributed by atoms with van der Waals surface area (Å²) < 4.78 is 25.3. The van der Waals surface area contributed by atoms with Crippen LogP contribution in [-0.4, -0.2) is 81.0 Å². The van der Waals surface area contributed by atoms with Gasteiger partial charge in [0, 0.05) is 19.5 Å². The van der Waals surface area contributed by atoms with E-state index in [2.05, 4.69) is 10.6 Å². The molecule has 2 amide bonds. The second-order valence-corrected chi connectivity index (χ2v) is 7.78. The molecule has 1 aromatic carbocycles. The molecule has 0 fully saturated rings. The quantitative estimate of drug-likeness (QED) is 0.202. The summed E-state index contributed by atoms with van der Waals surface area (Å²) in [5.74, 6) is -1.14. The Bertz CT molecular complexity index is 790. The molecule has 34 heavy (non-hydrogen) atoms. The third-order valence-electron chi connectivity index (χ3n) is 3.71. The van der Waals surface area contributed by atoms with Gasteiger partial charge in [0.05, 0.1) is 32.0 Å². The standard InChI is InChI=1S/C22H32N2O10/c1-22(2,3)34-20(28)24-10-13-30-11-8-18(25)23-9-12-31-14-15-32-21(29)33-17-6-4-16(5-7-17)19(26)27/h4-7H,8-15H2,1-3H3,(H,23,25)(H,24,28)(H,26,27). The van der Waals surface area contributed by atoms with Gasteiger partial charge < -0.3 is 39.4 Å². The summed E-state index contributed by atoms with van der Waals surface area (Å²) in [5, 5.41) is 14.0. The summed E-state index contributed by atoms with van der Waals surface area (Å²) in [6.45, 7) is 6.60. The van der Waals surface area contributed by atoms with Gasteiger partial charge in [-0.3, -0.25) is 4.79 Å². The van der Waals surface area contributed by atoms with Gasteiger partial charge in [-0.1, -0.05) is 0 Å². The molecule has 1 rings (SSSR count). The van der Waals surface area contributed by atoms with Crippen LogP contribution in [0.3, 0.4) is 0 Å². The van der Waals surface area contributed by atoms with E-state index in [9.17, 15) is 19.2 Å². The lowest BCUT2D eigenvalue weighted by molar-refractivity contribution is -0.122. The molecule has 0 radical (unpaired) electrons. The number of alkyl carbamates (subject to hydrolysis) is 1. The summed E-state index contributed by atoms with van der Waals surface area (Å²) in [7, 11) is 0. The van der Waals surface area contributed by atoms with E-state index in [0.717, 1.165) is 0 Å². The fourth-order valence-electron chi connectivity index (χ4n) is 2.23. The fraction of sp³-hybridized carbons (Fsp3) is 0.545. The first-order chi connectivity index (χ1) is 16.1. The number of amides is 2. The molecule has 0 aliphatic heterocycles. The van der Waals surface area contributed by atoms with Gasteiger partial charge in [0.25, 0.3) is 0 Å². The highest BCUT2D eigenvalue weighted by molar-refractivity contribution is 5.87. The zero-order valence-electron chi connectivity index (χ0n) is 19.6. The molecule has 0 heterocycles. The van der Waals surface area contributed by atoms with Crippen LogP contribution in [-0.2, 0) is 23.7 Å². The number of aromatic carboxylic acids is 1. The Hall–Kier alpha value is -3.38. The van der Waals surface area contributed by atoms with Crippen LogP contribution >= 0.6 is 0 Å². The molecule has 12 nitrogen and oxygen atoms in total. The van der Waals surface area contributed by atoms with E-state index in [1.165, 1.54) is 24.3 Å². The number of carbonyl (C=O) groups excluding carboxylic acids is 3. The highest BCUT2D eigenvalue weighted by Crippen LogP contribution is 2.12. The Kier molecular flexibility index (Phi) is 13.0. The minimum atomic E-state index is -1.08. The smallest absolute Gasteiger partial charge is 0.478 e. The average molecular weight is 485 g/mol. The van der Waals surface area contributed by atoms with Gasteiger partial charge >= 0.3 is 18.2 Å². The van der Waals surface area contributed by atoms with Crippen molar-refractivity contribution in [1.82, 2.24) is 10.6 Å². The van der Waals surface area contributed by atoms with Gasteiger partial charge in [0.15, 0.2) is 0 Å². The van der Waals surface area contributed by atoms with Gasteiger partial charge in [-0.25, -0.2) is 14.4 Å². The minimum Gasteiger partial charge on any atom is -0.478 e. The monoisotopic (exact) mass is 484 g/mol. The Labute approximate surface area is 197 Å². The van der Waals surface area contributed by atoms with Crippen molar-refractivity contribution in [1.29, 1.82) is 0 Å². The number of benzene rings is 1. The van der Waals surface area contributed by atoms with Crippen molar-refractivity contribution in [2.24, 2.45) is 0 Å². The summed E-state index contributed by atoms with van der Waals surface area (Å²) >= 11 is 0. The second-order valence-electron chi connectivity index (χ2n) is 7.78. The van der Waals surface area contributed by atoms with Gasteiger partial charge in [-0.05, 0) is 45.0 Å². The van der Waals surface area contributed by atoms with Gasteiger partial charge in [0.1, 0.15) is 18.0 Å². The predicted octanol–water partition coefficient (Wildman–Crippen LogP) is 1.96. The molecule has 0 aromatic heterocycles. The third kappa shape index (κ3) is 14.6. The van der Waals surface area contributed by atoms with Crippen LogP contribution in [0, 0.1) is 0 Å². The molecular formula is C22H32N2O10. The van der Waals surface area contributed by atoms with Crippen molar-refractivity contribution in [2.75, 3.05) is 46.1 Å². The third-order valence-corrected chi connectivity index (χ3v) is 3.71. The van der Waals surface area contributed by atoms with Crippen LogP contribution in [0.4, 0.5) is 9.59 Å². The highest BCUT2D eigenvalue weighted by atomic mass is 16.7. The summed E-state index contributed by atoms with van der Waals surface area (Å²) in [5.41, 5.74) is -0.494. The molecule has 0 unspecified atom stereocenters. The van der Waals surface area contributed by atoms with Crippen LogP contribution in [0.15, 0.2) is 24.3 Å². The number of ether oxygens (including phenoxy) is 5. The van der Waals surface area contributed by atoms with Crippen LogP contribution < -0.4 is 15.4 Å². The Morgan fingerprint density at radius 1 is 0.853 bits per heavy atom. The summed E-state index contributed by atoms with van der Waals surface area (Å²) in [6, 6.07) is 5.29. The Morgan fingerprint density at radius 2 is 1.47 bits per heavy atom. The Balaban J connectivity index is 1.96. The number of nitrogens with one attached hydrogen (secondary N) is 2. The molecule has 0 saturated heterocycles. The molecule has 0 aliphatic carbocycles. The van der Waals surface area contributed by atoms with Crippen molar-refractivity contribution < 1.29 is 48.0 Å². The number of rotatable bonds is 14. The lowest BCUT2D eigenvalue weighted by Crippen LogP contribution is -2.34. The van der Waals surface area contributed by atoms with Crippen LogP contribution in [0.25, 0.3) is 0 Å². The first-order valence-corrected chi connectivity index (χ1v) is 10.6.